The van der Waals surface area contributed by atoms with Crippen molar-refractivity contribution in [2.75, 3.05) is 7.11 Å². The average Bonchev–Trinajstić information content (AvgIpc) is 2.79. The molecule has 1 aromatic heterocycles. The number of hydrogen-bond acceptors (Lipinski definition) is 2. The molecule has 0 saturated carbocycles. The maximum atomic E-state index is 14.6. The molecule has 0 N–H and O–H groups in total. The van der Waals surface area contributed by atoms with Crippen LogP contribution in [0.3, 0.4) is 0 Å². The van der Waals surface area contributed by atoms with Gasteiger partial charge in [0.2, 0.25) is 0 Å². The van der Waals surface area contributed by atoms with E-state index in [-0.39, 0.29) is 28.1 Å². The first-order valence-electron chi connectivity index (χ1n) is 7.43. The summed E-state index contributed by atoms with van der Waals surface area (Å²) in [6, 6.07) is 8.79. The molecule has 0 fully saturated rings. The molecule has 0 unspecified atom stereocenters. The third-order valence-corrected chi connectivity index (χ3v) is 4.29. The van der Waals surface area contributed by atoms with Crippen LogP contribution < -0.4 is 10.3 Å². The second-order valence-corrected chi connectivity index (χ2v) is 5.99. The summed E-state index contributed by atoms with van der Waals surface area (Å²) in [5.74, 6) is -1.56. The Hall–Kier alpha value is -2.60. The van der Waals surface area contributed by atoms with Crippen molar-refractivity contribution in [3.05, 3.63) is 69.0 Å². The lowest BCUT2D eigenvalue weighted by molar-refractivity contribution is 0.407. The molecule has 25 heavy (non-hydrogen) atoms. The number of rotatable bonds is 3. The number of nitrogens with zero attached hydrogens (tertiary/aromatic N) is 2. The molecule has 0 amide bonds. The van der Waals surface area contributed by atoms with Gasteiger partial charge in [-0.1, -0.05) is 11.6 Å². The first-order valence-corrected chi connectivity index (χ1v) is 7.81. The van der Waals surface area contributed by atoms with E-state index in [1.807, 2.05) is 0 Å². The summed E-state index contributed by atoms with van der Waals surface area (Å²) in [5.41, 5.74) is 0.306. The molecule has 0 saturated heterocycles. The van der Waals surface area contributed by atoms with E-state index in [4.69, 9.17) is 16.3 Å². The van der Waals surface area contributed by atoms with Crippen LogP contribution in [0.4, 0.5) is 8.78 Å². The summed E-state index contributed by atoms with van der Waals surface area (Å²) in [6.45, 7) is 1.53. The van der Waals surface area contributed by atoms with Crippen molar-refractivity contribution >= 4 is 11.6 Å². The van der Waals surface area contributed by atoms with Crippen LogP contribution in [0.5, 0.6) is 5.75 Å². The Morgan fingerprint density at radius 3 is 2.16 bits per heavy atom. The van der Waals surface area contributed by atoms with E-state index in [1.165, 1.54) is 30.4 Å². The topological polar surface area (TPSA) is 36.2 Å². The zero-order valence-electron chi connectivity index (χ0n) is 13.8. The Bertz CT molecular complexity index is 984. The molecule has 0 aliphatic rings. The van der Waals surface area contributed by atoms with Crippen LogP contribution >= 0.6 is 11.6 Å². The standard InChI is InChI=1S/C18H15ClF2N2O2/c1-10-17(16-14(20)8-13(25-3)9-15(16)21)23(22(2)18(10)24)12-6-4-11(19)5-7-12/h4-9H,1-3H3. The fourth-order valence-corrected chi connectivity index (χ4v) is 2.94. The Balaban J connectivity index is 2.37. The normalized spacial score (nSPS) is 11.0. The minimum Gasteiger partial charge on any atom is -0.497 e. The maximum Gasteiger partial charge on any atom is 0.270 e. The van der Waals surface area contributed by atoms with Gasteiger partial charge in [0.1, 0.15) is 17.4 Å². The molecule has 2 aromatic carbocycles. The van der Waals surface area contributed by atoms with Crippen LogP contribution in [0.1, 0.15) is 5.56 Å². The zero-order chi connectivity index (χ0) is 18.3. The average molecular weight is 365 g/mol. The van der Waals surface area contributed by atoms with Gasteiger partial charge in [-0.05, 0) is 31.2 Å². The van der Waals surface area contributed by atoms with Crippen molar-refractivity contribution < 1.29 is 13.5 Å². The number of hydrogen-bond donors (Lipinski definition) is 0. The van der Waals surface area contributed by atoms with E-state index >= 15 is 0 Å². The molecule has 4 nitrogen and oxygen atoms in total. The second-order valence-electron chi connectivity index (χ2n) is 5.56. The first-order chi connectivity index (χ1) is 11.8. The zero-order valence-corrected chi connectivity index (χ0v) is 14.6. The number of aromatic nitrogens is 2. The molecule has 0 aliphatic carbocycles. The predicted octanol–water partition coefficient (Wildman–Crippen LogP) is 4.09. The van der Waals surface area contributed by atoms with Gasteiger partial charge in [0.25, 0.3) is 5.56 Å². The fourth-order valence-electron chi connectivity index (χ4n) is 2.82. The monoisotopic (exact) mass is 364 g/mol. The quantitative estimate of drug-likeness (QED) is 0.701. The molecule has 0 radical (unpaired) electrons. The molecule has 0 bridgehead atoms. The predicted molar refractivity (Wildman–Crippen MR) is 92.7 cm³/mol. The summed E-state index contributed by atoms with van der Waals surface area (Å²) in [5, 5.41) is 0.515. The van der Waals surface area contributed by atoms with Gasteiger partial charge in [-0.2, -0.15) is 0 Å². The van der Waals surface area contributed by atoms with E-state index in [2.05, 4.69) is 0 Å². The van der Waals surface area contributed by atoms with Crippen molar-refractivity contribution in [1.82, 2.24) is 9.36 Å². The maximum absolute atomic E-state index is 14.6. The highest BCUT2D eigenvalue weighted by Gasteiger charge is 2.24. The molecule has 0 spiro atoms. The van der Waals surface area contributed by atoms with Crippen LogP contribution in [0.15, 0.2) is 41.2 Å². The van der Waals surface area contributed by atoms with Gasteiger partial charge in [-0.15, -0.1) is 0 Å². The second kappa shape index (κ2) is 6.37. The summed E-state index contributed by atoms with van der Waals surface area (Å²) in [4.78, 5) is 12.4. The molecule has 3 rings (SSSR count). The SMILES string of the molecule is COc1cc(F)c(-c2c(C)c(=O)n(C)n2-c2ccc(Cl)cc2)c(F)c1. The van der Waals surface area contributed by atoms with Gasteiger partial charge in [0.15, 0.2) is 0 Å². The van der Waals surface area contributed by atoms with E-state index in [0.717, 1.165) is 12.1 Å². The van der Waals surface area contributed by atoms with E-state index in [9.17, 15) is 13.6 Å². The highest BCUT2D eigenvalue weighted by molar-refractivity contribution is 6.30. The van der Waals surface area contributed by atoms with Crippen LogP contribution in [0.2, 0.25) is 5.02 Å². The lowest BCUT2D eigenvalue weighted by atomic mass is 10.1. The third-order valence-electron chi connectivity index (χ3n) is 4.04. The van der Waals surface area contributed by atoms with Crippen molar-refractivity contribution in [1.29, 1.82) is 0 Å². The van der Waals surface area contributed by atoms with Gasteiger partial charge in [-0.25, -0.2) is 18.1 Å². The minimum absolute atomic E-state index is 0.0627. The highest BCUT2D eigenvalue weighted by Crippen LogP contribution is 2.32. The summed E-state index contributed by atoms with van der Waals surface area (Å²) in [7, 11) is 2.86. The lowest BCUT2D eigenvalue weighted by Crippen LogP contribution is -2.19. The van der Waals surface area contributed by atoms with Gasteiger partial charge in [-0.3, -0.25) is 4.79 Å². The van der Waals surface area contributed by atoms with Crippen LogP contribution in [0.25, 0.3) is 16.9 Å². The number of ether oxygens (including phenoxy) is 1. The van der Waals surface area contributed by atoms with Gasteiger partial charge in [0.05, 0.1) is 24.1 Å². The molecule has 3 aromatic rings. The van der Waals surface area contributed by atoms with Gasteiger partial charge < -0.3 is 4.74 Å². The molecular formula is C18H15ClF2N2O2. The lowest BCUT2D eigenvalue weighted by Gasteiger charge is -2.15. The molecule has 0 aliphatic heterocycles. The Morgan fingerprint density at radius 1 is 1.08 bits per heavy atom. The minimum atomic E-state index is -0.812. The first kappa shape index (κ1) is 17.2. The van der Waals surface area contributed by atoms with Crippen molar-refractivity contribution in [2.24, 2.45) is 7.05 Å². The highest BCUT2D eigenvalue weighted by atomic mass is 35.5. The van der Waals surface area contributed by atoms with Crippen LogP contribution in [-0.2, 0) is 7.05 Å². The Labute approximate surface area is 147 Å². The van der Waals surface area contributed by atoms with Gasteiger partial charge in [0, 0.05) is 29.8 Å². The van der Waals surface area contributed by atoms with E-state index in [0.29, 0.717) is 10.7 Å². The summed E-state index contributed by atoms with van der Waals surface area (Å²) >= 11 is 5.90. The largest absolute Gasteiger partial charge is 0.497 e. The number of methoxy groups -OCH3 is 1. The summed E-state index contributed by atoms with van der Waals surface area (Å²) in [6.07, 6.45) is 0. The smallest absolute Gasteiger partial charge is 0.270 e. The van der Waals surface area contributed by atoms with Gasteiger partial charge >= 0.3 is 0 Å². The fraction of sp³-hybridized carbons (Fsp3) is 0.167. The molecular weight excluding hydrogens is 350 g/mol. The van der Waals surface area contributed by atoms with Crippen LogP contribution in [-0.4, -0.2) is 16.5 Å². The molecule has 0 atom stereocenters. The molecule has 1 heterocycles. The molecule has 7 heteroatoms. The van der Waals surface area contributed by atoms with Crippen molar-refractivity contribution in [3.8, 4) is 22.7 Å². The third kappa shape index (κ3) is 2.82. The molecule has 130 valence electrons. The number of halogens is 3. The van der Waals surface area contributed by atoms with Crippen molar-refractivity contribution in [2.45, 2.75) is 6.92 Å². The Kier molecular flexibility index (Phi) is 4.39. The van der Waals surface area contributed by atoms with Crippen LogP contribution in [0, 0.1) is 18.6 Å². The van der Waals surface area contributed by atoms with Crippen molar-refractivity contribution in [3.63, 3.8) is 0 Å². The van der Waals surface area contributed by atoms with E-state index in [1.54, 1.807) is 24.3 Å². The van der Waals surface area contributed by atoms with E-state index < -0.39 is 11.6 Å². The Morgan fingerprint density at radius 2 is 1.64 bits per heavy atom. The summed E-state index contributed by atoms with van der Waals surface area (Å²) < 4.78 is 36.8. The number of benzene rings is 2.